The minimum Gasteiger partial charge on any atom is -0.387 e. The van der Waals surface area contributed by atoms with Crippen LogP contribution in [0.1, 0.15) is 20.3 Å². The van der Waals surface area contributed by atoms with E-state index in [9.17, 15) is 5.11 Å². The third-order valence-electron chi connectivity index (χ3n) is 2.46. The Kier molecular flexibility index (Phi) is 3.36. The van der Waals surface area contributed by atoms with Crippen molar-refractivity contribution < 1.29 is 14.6 Å². The molecule has 1 rings (SSSR count). The maximum absolute atomic E-state index is 9.76. The van der Waals surface area contributed by atoms with Crippen molar-refractivity contribution in [3.8, 4) is 0 Å². The van der Waals surface area contributed by atoms with E-state index in [4.69, 9.17) is 9.47 Å². The Labute approximate surface area is 86.6 Å². The molecule has 1 unspecified atom stereocenters. The lowest BCUT2D eigenvalue weighted by molar-refractivity contribution is -0.193. The van der Waals surface area contributed by atoms with Gasteiger partial charge in [-0.2, -0.15) is 0 Å². The number of rotatable bonds is 1. The van der Waals surface area contributed by atoms with Gasteiger partial charge < -0.3 is 14.6 Å². The highest BCUT2D eigenvalue weighted by Crippen LogP contribution is 2.33. The number of methoxy groups -OCH3 is 1. The molecule has 0 radical (unpaired) electrons. The Bertz CT molecular complexity index is 164. The Balaban J connectivity index is 2.72. The molecule has 0 saturated carbocycles. The maximum Gasteiger partial charge on any atom is 0.112 e. The first-order valence-corrected chi connectivity index (χ1v) is 5.27. The van der Waals surface area contributed by atoms with Crippen LogP contribution in [0.3, 0.4) is 0 Å². The lowest BCUT2D eigenvalue weighted by atomic mass is 9.89. The van der Waals surface area contributed by atoms with E-state index in [1.807, 2.05) is 13.8 Å². The van der Waals surface area contributed by atoms with Crippen molar-refractivity contribution in [2.75, 3.05) is 7.11 Å². The highest BCUT2D eigenvalue weighted by Gasteiger charge is 2.43. The fraction of sp³-hybridized carbons (Fsp3) is 1.00. The minimum absolute atomic E-state index is 0.131. The van der Waals surface area contributed by atoms with Gasteiger partial charge in [-0.25, -0.2) is 0 Å². The van der Waals surface area contributed by atoms with Gasteiger partial charge in [0.15, 0.2) is 0 Å². The number of aliphatic hydroxyl groups is 1. The summed E-state index contributed by atoms with van der Waals surface area (Å²) in [6.07, 6.45) is 0.0503. The van der Waals surface area contributed by atoms with Crippen LogP contribution in [0.4, 0.5) is 0 Å². The second kappa shape index (κ2) is 3.77. The van der Waals surface area contributed by atoms with Crippen molar-refractivity contribution in [1.29, 1.82) is 0 Å². The normalized spacial score (nSPS) is 49.2. The fourth-order valence-corrected chi connectivity index (χ4v) is 2.83. The first-order valence-electron chi connectivity index (χ1n) is 4.02. The molecule has 1 heterocycles. The van der Waals surface area contributed by atoms with Crippen LogP contribution < -0.4 is 0 Å². The highest BCUT2D eigenvalue weighted by atomic mass is 127. The van der Waals surface area contributed by atoms with Crippen LogP contribution in [0.5, 0.6) is 0 Å². The molecule has 4 heteroatoms. The van der Waals surface area contributed by atoms with Crippen LogP contribution in [0, 0.1) is 0 Å². The zero-order valence-electron chi connectivity index (χ0n) is 7.58. The van der Waals surface area contributed by atoms with E-state index in [1.54, 1.807) is 7.11 Å². The van der Waals surface area contributed by atoms with Gasteiger partial charge in [0.2, 0.25) is 0 Å². The summed E-state index contributed by atoms with van der Waals surface area (Å²) in [5, 5.41) is 9.76. The molecule has 0 spiro atoms. The van der Waals surface area contributed by atoms with E-state index < -0.39 is 11.7 Å². The van der Waals surface area contributed by atoms with Crippen molar-refractivity contribution in [2.45, 2.75) is 42.2 Å². The summed E-state index contributed by atoms with van der Waals surface area (Å²) in [4.78, 5) is 0. The zero-order chi connectivity index (χ0) is 9.35. The Morgan fingerprint density at radius 2 is 2.25 bits per heavy atom. The molecular formula is C8H15IO3. The average Bonchev–Trinajstić information content (AvgIpc) is 2.00. The van der Waals surface area contributed by atoms with Gasteiger partial charge in [-0.15, -0.1) is 0 Å². The van der Waals surface area contributed by atoms with Gasteiger partial charge >= 0.3 is 0 Å². The molecule has 72 valence electrons. The van der Waals surface area contributed by atoms with Crippen LogP contribution in [0.2, 0.25) is 0 Å². The van der Waals surface area contributed by atoms with Gasteiger partial charge in [0.25, 0.3) is 0 Å². The SMILES string of the molecule is CO[C@]1(C)CC(I)O[C@@H](C)[C@@H]1O. The number of aliphatic hydroxyl groups excluding tert-OH is 1. The number of halogens is 1. The second-order valence-corrected chi connectivity index (χ2v) is 4.81. The summed E-state index contributed by atoms with van der Waals surface area (Å²) in [5.74, 6) is 0. The Morgan fingerprint density at radius 3 is 2.75 bits per heavy atom. The van der Waals surface area contributed by atoms with Crippen LogP contribution in [-0.2, 0) is 9.47 Å². The number of ether oxygens (including phenoxy) is 2. The molecule has 1 fully saturated rings. The minimum atomic E-state index is -0.534. The van der Waals surface area contributed by atoms with Crippen LogP contribution >= 0.6 is 22.6 Å². The van der Waals surface area contributed by atoms with Crippen LogP contribution in [0.25, 0.3) is 0 Å². The van der Waals surface area contributed by atoms with E-state index in [2.05, 4.69) is 22.6 Å². The van der Waals surface area contributed by atoms with E-state index in [0.29, 0.717) is 0 Å². The zero-order valence-corrected chi connectivity index (χ0v) is 9.74. The molecule has 0 amide bonds. The largest absolute Gasteiger partial charge is 0.387 e. The van der Waals surface area contributed by atoms with Gasteiger partial charge in [-0.1, -0.05) is 22.6 Å². The molecule has 1 N–H and O–H groups in total. The Morgan fingerprint density at radius 1 is 1.67 bits per heavy atom. The molecule has 0 aromatic heterocycles. The van der Waals surface area contributed by atoms with E-state index >= 15 is 0 Å². The summed E-state index contributed by atoms with van der Waals surface area (Å²) in [6, 6.07) is 0. The lowest BCUT2D eigenvalue weighted by Gasteiger charge is -2.42. The quantitative estimate of drug-likeness (QED) is 0.583. The van der Waals surface area contributed by atoms with E-state index in [0.717, 1.165) is 6.42 Å². The van der Waals surface area contributed by atoms with Crippen molar-refractivity contribution in [1.82, 2.24) is 0 Å². The number of hydrogen-bond donors (Lipinski definition) is 1. The van der Waals surface area contributed by atoms with Crippen LogP contribution in [0.15, 0.2) is 0 Å². The molecule has 0 aromatic carbocycles. The van der Waals surface area contributed by atoms with Crippen molar-refractivity contribution in [3.63, 3.8) is 0 Å². The molecule has 0 aromatic rings. The van der Waals surface area contributed by atoms with Crippen LogP contribution in [-0.4, -0.2) is 34.1 Å². The highest BCUT2D eigenvalue weighted by molar-refractivity contribution is 14.1. The third kappa shape index (κ3) is 1.92. The third-order valence-corrected chi connectivity index (χ3v) is 3.20. The Hall–Kier alpha value is 0.610. The first-order chi connectivity index (χ1) is 5.49. The molecule has 4 atom stereocenters. The summed E-state index contributed by atoms with van der Waals surface area (Å²) in [7, 11) is 1.63. The topological polar surface area (TPSA) is 38.7 Å². The van der Waals surface area contributed by atoms with Crippen molar-refractivity contribution in [2.24, 2.45) is 0 Å². The van der Waals surface area contributed by atoms with Gasteiger partial charge in [0.1, 0.15) is 10.2 Å². The van der Waals surface area contributed by atoms with Gasteiger partial charge in [-0.3, -0.25) is 0 Å². The number of alkyl halides is 1. The molecule has 0 aliphatic carbocycles. The fourth-order valence-electron chi connectivity index (χ4n) is 1.50. The van der Waals surface area contributed by atoms with Crippen molar-refractivity contribution >= 4 is 22.6 Å². The molecule has 1 saturated heterocycles. The summed E-state index contributed by atoms with van der Waals surface area (Å²) >= 11 is 2.22. The second-order valence-electron chi connectivity index (χ2n) is 3.42. The molecule has 0 bridgehead atoms. The predicted molar refractivity (Wildman–Crippen MR) is 54.4 cm³/mol. The van der Waals surface area contributed by atoms with Crippen molar-refractivity contribution in [3.05, 3.63) is 0 Å². The summed E-state index contributed by atoms with van der Waals surface area (Å²) in [5.41, 5.74) is -0.455. The predicted octanol–water partition coefficient (Wildman–Crippen LogP) is 1.32. The van der Waals surface area contributed by atoms with E-state index in [-0.39, 0.29) is 10.2 Å². The lowest BCUT2D eigenvalue weighted by Crippen LogP contribution is -2.54. The average molecular weight is 286 g/mol. The van der Waals surface area contributed by atoms with E-state index in [1.165, 1.54) is 0 Å². The standard InChI is InChI=1S/C8H15IO3/c1-5-7(10)8(2,11-3)4-6(9)12-5/h5-7,10H,4H2,1-3H3/t5-,6?,7-,8+/m0/s1. The molecule has 1 aliphatic rings. The molecule has 3 nitrogen and oxygen atoms in total. The smallest absolute Gasteiger partial charge is 0.112 e. The maximum atomic E-state index is 9.76. The monoisotopic (exact) mass is 286 g/mol. The van der Waals surface area contributed by atoms with Gasteiger partial charge in [0.05, 0.1) is 11.7 Å². The summed E-state index contributed by atoms with van der Waals surface area (Å²) in [6.45, 7) is 3.79. The summed E-state index contributed by atoms with van der Waals surface area (Å²) < 4.78 is 10.9. The molecule has 1 aliphatic heterocycles. The first kappa shape index (κ1) is 10.7. The molecular weight excluding hydrogens is 271 g/mol. The van der Waals surface area contributed by atoms with Gasteiger partial charge in [0, 0.05) is 13.5 Å². The molecule has 12 heavy (non-hydrogen) atoms. The number of hydrogen-bond acceptors (Lipinski definition) is 3. The van der Waals surface area contributed by atoms with Gasteiger partial charge in [-0.05, 0) is 13.8 Å².